The van der Waals surface area contributed by atoms with Gasteiger partial charge in [0.1, 0.15) is 11.4 Å². The van der Waals surface area contributed by atoms with Gasteiger partial charge in [0.25, 0.3) is 11.8 Å². The van der Waals surface area contributed by atoms with Crippen molar-refractivity contribution in [1.82, 2.24) is 10.3 Å². The summed E-state index contributed by atoms with van der Waals surface area (Å²) in [5.74, 6) is -0.905. The smallest absolute Gasteiger partial charge is 0.311 e. The quantitative estimate of drug-likeness (QED) is 0.102. The molecule has 0 spiro atoms. The molecule has 4 aromatic rings. The maximum Gasteiger partial charge on any atom is 0.311 e. The van der Waals surface area contributed by atoms with Gasteiger partial charge in [-0.2, -0.15) is 0 Å². The Morgan fingerprint density at radius 2 is 1.75 bits per heavy atom. The number of rotatable bonds is 13. The molecular weight excluding hydrogens is 601 g/mol. The van der Waals surface area contributed by atoms with Crippen LogP contribution in [0.3, 0.4) is 0 Å². The number of aromatic nitrogens is 1. The Hall–Kier alpha value is -4.94. The van der Waals surface area contributed by atoms with E-state index in [4.69, 9.17) is 9.47 Å². The number of carbonyl (C=O) groups is 4. The van der Waals surface area contributed by atoms with Crippen molar-refractivity contribution in [3.05, 3.63) is 107 Å². The molecule has 0 aliphatic rings. The number of esters is 1. The summed E-state index contributed by atoms with van der Waals surface area (Å²) in [5, 5.41) is 10.4. The van der Waals surface area contributed by atoms with Gasteiger partial charge in [0.15, 0.2) is 5.13 Å². The fraction of sp³-hybridized carbons (Fsp3) is 0.156. The number of nitrogens with zero attached hydrogens (tertiary/aromatic N) is 1. The molecule has 0 radical (unpaired) electrons. The number of hydrogen-bond donors (Lipinski definition) is 3. The summed E-state index contributed by atoms with van der Waals surface area (Å²) < 4.78 is 10.2. The number of anilines is 2. The van der Waals surface area contributed by atoms with Gasteiger partial charge in [-0.15, -0.1) is 23.1 Å². The minimum atomic E-state index is -0.528. The molecule has 0 saturated heterocycles. The predicted octanol–water partition coefficient (Wildman–Crippen LogP) is 5.40. The summed E-state index contributed by atoms with van der Waals surface area (Å²) in [6, 6.07) is 22.7. The molecule has 44 heavy (non-hydrogen) atoms. The highest BCUT2D eigenvalue weighted by molar-refractivity contribution is 8.00. The first kappa shape index (κ1) is 32.0. The van der Waals surface area contributed by atoms with E-state index in [0.29, 0.717) is 40.0 Å². The van der Waals surface area contributed by atoms with E-state index in [1.807, 2.05) is 6.07 Å². The monoisotopic (exact) mass is 630 g/mol. The van der Waals surface area contributed by atoms with Crippen LogP contribution in [0.25, 0.3) is 6.08 Å². The average molecular weight is 631 g/mol. The predicted molar refractivity (Wildman–Crippen MR) is 172 cm³/mol. The van der Waals surface area contributed by atoms with E-state index < -0.39 is 11.8 Å². The Labute approximate surface area is 262 Å². The van der Waals surface area contributed by atoms with E-state index in [0.717, 1.165) is 4.90 Å². The first-order valence-corrected chi connectivity index (χ1v) is 15.4. The molecule has 3 N–H and O–H groups in total. The van der Waals surface area contributed by atoms with E-state index in [1.54, 1.807) is 98.3 Å². The molecule has 0 aliphatic carbocycles. The van der Waals surface area contributed by atoms with E-state index >= 15 is 0 Å². The third-order valence-corrected chi connectivity index (χ3v) is 7.62. The first-order chi connectivity index (χ1) is 21.3. The fourth-order valence-corrected chi connectivity index (χ4v) is 5.29. The van der Waals surface area contributed by atoms with Crippen LogP contribution in [0.2, 0.25) is 0 Å². The van der Waals surface area contributed by atoms with Crippen LogP contribution in [-0.4, -0.2) is 48.1 Å². The van der Waals surface area contributed by atoms with Crippen LogP contribution >= 0.6 is 23.1 Å². The first-order valence-electron chi connectivity index (χ1n) is 13.5. The second kappa shape index (κ2) is 16.1. The molecule has 0 unspecified atom stereocenters. The third kappa shape index (κ3) is 9.82. The number of thiazole rings is 1. The molecule has 3 amide bonds. The van der Waals surface area contributed by atoms with Gasteiger partial charge >= 0.3 is 5.97 Å². The number of nitrogens with one attached hydrogen (secondary N) is 3. The number of carbonyl (C=O) groups excluding carboxylic acids is 4. The van der Waals surface area contributed by atoms with Gasteiger partial charge in [0, 0.05) is 21.5 Å². The standard InChI is InChI=1S/C32H30N4O6S2/c1-3-42-29(38)18-24-19-44-32(34-24)36-28(37)20-43-26-14-8-12-23(17-26)33-31(40)27(16-21-9-7-13-25(15-21)41-2)35-30(39)22-10-5-4-6-11-22/h4-17,19H,3,18,20H2,1-2H3,(H,33,40)(H,35,39)(H,34,36,37)/b27-16-. The highest BCUT2D eigenvalue weighted by atomic mass is 32.2. The van der Waals surface area contributed by atoms with Crippen molar-refractivity contribution in [3.63, 3.8) is 0 Å². The van der Waals surface area contributed by atoms with Crippen molar-refractivity contribution >= 4 is 63.7 Å². The van der Waals surface area contributed by atoms with Gasteiger partial charge in [-0.3, -0.25) is 19.2 Å². The summed E-state index contributed by atoms with van der Waals surface area (Å²) >= 11 is 2.50. The Kier molecular flexibility index (Phi) is 11.7. The van der Waals surface area contributed by atoms with Crippen LogP contribution in [-0.2, 0) is 25.5 Å². The summed E-state index contributed by atoms with van der Waals surface area (Å²) in [4.78, 5) is 55.5. The van der Waals surface area contributed by atoms with Gasteiger partial charge < -0.3 is 25.4 Å². The lowest BCUT2D eigenvalue weighted by Gasteiger charge is -2.12. The van der Waals surface area contributed by atoms with Crippen LogP contribution in [0, 0.1) is 0 Å². The molecule has 1 aromatic heterocycles. The van der Waals surface area contributed by atoms with Crippen molar-refractivity contribution < 1.29 is 28.7 Å². The molecule has 10 nitrogen and oxygen atoms in total. The van der Waals surface area contributed by atoms with Crippen LogP contribution in [0.15, 0.2) is 94.8 Å². The van der Waals surface area contributed by atoms with Gasteiger partial charge in [0.05, 0.1) is 31.6 Å². The Balaban J connectivity index is 1.40. The van der Waals surface area contributed by atoms with Gasteiger partial charge in [0.2, 0.25) is 5.91 Å². The van der Waals surface area contributed by atoms with Crippen LogP contribution in [0.4, 0.5) is 10.8 Å². The zero-order valence-corrected chi connectivity index (χ0v) is 25.6. The molecule has 0 fully saturated rings. The zero-order chi connectivity index (χ0) is 31.3. The van der Waals surface area contributed by atoms with E-state index in [9.17, 15) is 19.2 Å². The second-order valence-electron chi connectivity index (χ2n) is 9.10. The molecule has 4 rings (SSSR count). The third-order valence-electron chi connectivity index (χ3n) is 5.82. The lowest BCUT2D eigenvalue weighted by Crippen LogP contribution is -2.30. The topological polar surface area (TPSA) is 136 Å². The van der Waals surface area contributed by atoms with Gasteiger partial charge in [-0.25, -0.2) is 4.98 Å². The fourth-order valence-electron chi connectivity index (χ4n) is 3.81. The lowest BCUT2D eigenvalue weighted by atomic mass is 10.1. The van der Waals surface area contributed by atoms with Crippen molar-refractivity contribution in [2.24, 2.45) is 0 Å². The Morgan fingerprint density at radius 1 is 0.955 bits per heavy atom. The number of hydrogen-bond acceptors (Lipinski definition) is 9. The van der Waals surface area contributed by atoms with Crippen molar-refractivity contribution in [2.45, 2.75) is 18.2 Å². The zero-order valence-electron chi connectivity index (χ0n) is 24.0. The number of benzene rings is 3. The number of thioether (sulfide) groups is 1. The molecule has 0 saturated carbocycles. The molecular formula is C32H30N4O6S2. The number of ether oxygens (including phenoxy) is 2. The molecule has 226 valence electrons. The normalized spacial score (nSPS) is 10.9. The summed E-state index contributed by atoms with van der Waals surface area (Å²) in [7, 11) is 1.55. The summed E-state index contributed by atoms with van der Waals surface area (Å²) in [6.45, 7) is 2.03. The number of methoxy groups -OCH3 is 1. The molecule has 0 bridgehead atoms. The van der Waals surface area contributed by atoms with E-state index in [1.165, 1.54) is 23.1 Å². The lowest BCUT2D eigenvalue weighted by molar-refractivity contribution is -0.142. The largest absolute Gasteiger partial charge is 0.497 e. The van der Waals surface area contributed by atoms with Gasteiger partial charge in [-0.05, 0) is 61.0 Å². The molecule has 0 aliphatic heterocycles. The minimum absolute atomic E-state index is 0.0373. The Morgan fingerprint density at radius 3 is 2.52 bits per heavy atom. The molecule has 0 atom stereocenters. The molecule has 12 heteroatoms. The van der Waals surface area contributed by atoms with Crippen LogP contribution in [0.1, 0.15) is 28.5 Å². The SMILES string of the molecule is CCOC(=O)Cc1csc(NC(=O)CSc2cccc(NC(=O)/C(=C/c3cccc(OC)c3)NC(=O)c3ccccc3)c2)n1. The van der Waals surface area contributed by atoms with Crippen molar-refractivity contribution in [3.8, 4) is 5.75 Å². The van der Waals surface area contributed by atoms with Gasteiger partial charge in [-0.1, -0.05) is 36.4 Å². The summed E-state index contributed by atoms with van der Waals surface area (Å²) in [6.07, 6.45) is 1.61. The Bertz CT molecular complexity index is 1660. The maximum absolute atomic E-state index is 13.4. The highest BCUT2D eigenvalue weighted by Gasteiger charge is 2.16. The summed E-state index contributed by atoms with van der Waals surface area (Å²) in [5.41, 5.74) is 2.11. The average Bonchev–Trinajstić information content (AvgIpc) is 3.46. The number of amides is 3. The van der Waals surface area contributed by atoms with Crippen LogP contribution in [0.5, 0.6) is 5.75 Å². The van der Waals surface area contributed by atoms with Crippen molar-refractivity contribution in [2.75, 3.05) is 30.1 Å². The molecule has 3 aromatic carbocycles. The van der Waals surface area contributed by atoms with Crippen LogP contribution < -0.4 is 20.7 Å². The second-order valence-corrected chi connectivity index (χ2v) is 11.0. The molecule has 1 heterocycles. The highest BCUT2D eigenvalue weighted by Crippen LogP contribution is 2.23. The van der Waals surface area contributed by atoms with E-state index in [2.05, 4.69) is 20.9 Å². The van der Waals surface area contributed by atoms with E-state index in [-0.39, 0.29) is 29.7 Å². The minimum Gasteiger partial charge on any atom is -0.497 e. The maximum atomic E-state index is 13.4. The van der Waals surface area contributed by atoms with Crippen molar-refractivity contribution in [1.29, 1.82) is 0 Å².